The molecule has 0 aliphatic carbocycles. The molecule has 0 fully saturated rings. The molecular formula is C7H9NOS. The highest BCUT2D eigenvalue weighted by Crippen LogP contribution is 2.45. The van der Waals surface area contributed by atoms with Gasteiger partial charge in [0.1, 0.15) is 12.0 Å². The molecule has 0 unspecified atom stereocenters. The first kappa shape index (κ1) is 6.28. The van der Waals surface area contributed by atoms with Crippen LogP contribution in [-0.2, 0) is 10.5 Å². The van der Waals surface area contributed by atoms with Crippen molar-refractivity contribution in [3.63, 3.8) is 0 Å². The van der Waals surface area contributed by atoms with Crippen LogP contribution in [0.15, 0.2) is 10.8 Å². The summed E-state index contributed by atoms with van der Waals surface area (Å²) in [6, 6.07) is 0. The van der Waals surface area contributed by atoms with Gasteiger partial charge in [-0.25, -0.2) is 0 Å². The van der Waals surface area contributed by atoms with E-state index >= 15 is 0 Å². The first-order valence-electron chi connectivity index (χ1n) is 3.28. The van der Waals surface area contributed by atoms with Crippen molar-refractivity contribution in [1.82, 2.24) is 5.16 Å². The highest BCUT2D eigenvalue weighted by Gasteiger charge is 2.33. The van der Waals surface area contributed by atoms with Crippen molar-refractivity contribution >= 4 is 11.8 Å². The maximum atomic E-state index is 4.86. The van der Waals surface area contributed by atoms with Crippen molar-refractivity contribution < 1.29 is 4.52 Å². The molecule has 54 valence electrons. The van der Waals surface area contributed by atoms with Gasteiger partial charge >= 0.3 is 0 Å². The van der Waals surface area contributed by atoms with E-state index in [9.17, 15) is 0 Å². The third-order valence-electron chi connectivity index (χ3n) is 1.80. The SMILES string of the molecule is CC1(C)SCc2conc21. The van der Waals surface area contributed by atoms with Gasteiger partial charge in [-0.1, -0.05) is 5.16 Å². The van der Waals surface area contributed by atoms with Crippen LogP contribution in [0.4, 0.5) is 0 Å². The van der Waals surface area contributed by atoms with Crippen molar-refractivity contribution in [3.8, 4) is 0 Å². The minimum Gasteiger partial charge on any atom is -0.364 e. The van der Waals surface area contributed by atoms with Crippen molar-refractivity contribution in [2.45, 2.75) is 24.3 Å². The lowest BCUT2D eigenvalue weighted by Gasteiger charge is -2.13. The molecule has 0 radical (unpaired) electrons. The van der Waals surface area contributed by atoms with Crippen LogP contribution < -0.4 is 0 Å². The summed E-state index contributed by atoms with van der Waals surface area (Å²) < 4.78 is 5.03. The Morgan fingerprint density at radius 1 is 1.70 bits per heavy atom. The molecular weight excluding hydrogens is 146 g/mol. The molecule has 0 atom stereocenters. The molecule has 2 rings (SSSR count). The zero-order valence-electron chi connectivity index (χ0n) is 6.05. The Labute approximate surface area is 64.0 Å². The topological polar surface area (TPSA) is 26.0 Å². The van der Waals surface area contributed by atoms with Gasteiger partial charge in [-0.3, -0.25) is 0 Å². The second-order valence-corrected chi connectivity index (χ2v) is 4.59. The number of nitrogens with zero attached hydrogens (tertiary/aromatic N) is 1. The number of hydrogen-bond donors (Lipinski definition) is 0. The molecule has 0 saturated carbocycles. The van der Waals surface area contributed by atoms with E-state index in [2.05, 4.69) is 19.0 Å². The van der Waals surface area contributed by atoms with Gasteiger partial charge in [0.15, 0.2) is 0 Å². The minimum absolute atomic E-state index is 0.169. The van der Waals surface area contributed by atoms with Crippen molar-refractivity contribution in [1.29, 1.82) is 0 Å². The quantitative estimate of drug-likeness (QED) is 0.574. The van der Waals surface area contributed by atoms with Gasteiger partial charge in [-0.15, -0.1) is 11.8 Å². The summed E-state index contributed by atoms with van der Waals surface area (Å²) in [5, 5.41) is 3.95. The third kappa shape index (κ3) is 0.700. The zero-order chi connectivity index (χ0) is 7.19. The first-order valence-corrected chi connectivity index (χ1v) is 4.26. The molecule has 3 heteroatoms. The molecule has 2 heterocycles. The van der Waals surface area contributed by atoms with Crippen LogP contribution in [0, 0.1) is 0 Å². The highest BCUT2D eigenvalue weighted by atomic mass is 32.2. The highest BCUT2D eigenvalue weighted by molar-refractivity contribution is 7.99. The average Bonchev–Trinajstić information content (AvgIpc) is 2.36. The summed E-state index contributed by atoms with van der Waals surface area (Å²) in [7, 11) is 0. The van der Waals surface area contributed by atoms with Crippen LogP contribution in [0.3, 0.4) is 0 Å². The summed E-state index contributed by atoms with van der Waals surface area (Å²) in [5.74, 6) is 1.05. The monoisotopic (exact) mass is 155 g/mol. The summed E-state index contributed by atoms with van der Waals surface area (Å²) in [6.45, 7) is 4.35. The van der Waals surface area contributed by atoms with Crippen LogP contribution in [0.2, 0.25) is 0 Å². The predicted octanol–water partition coefficient (Wildman–Crippen LogP) is 2.16. The van der Waals surface area contributed by atoms with Gasteiger partial charge in [-0.2, -0.15) is 0 Å². The Morgan fingerprint density at radius 3 is 3.20 bits per heavy atom. The van der Waals surface area contributed by atoms with Crippen LogP contribution in [0.1, 0.15) is 25.1 Å². The Kier molecular flexibility index (Phi) is 1.12. The fourth-order valence-electron chi connectivity index (χ4n) is 1.18. The van der Waals surface area contributed by atoms with E-state index in [0.717, 1.165) is 11.4 Å². The second-order valence-electron chi connectivity index (χ2n) is 2.99. The standard InChI is InChI=1S/C7H9NOS/c1-7(2)6-5(4-10-7)3-9-8-6/h3H,4H2,1-2H3. The summed E-state index contributed by atoms with van der Waals surface area (Å²) in [4.78, 5) is 0. The van der Waals surface area contributed by atoms with Gasteiger partial charge < -0.3 is 4.52 Å². The van der Waals surface area contributed by atoms with Crippen molar-refractivity contribution in [2.24, 2.45) is 0 Å². The zero-order valence-corrected chi connectivity index (χ0v) is 6.86. The van der Waals surface area contributed by atoms with E-state index in [0.29, 0.717) is 0 Å². The number of hydrogen-bond acceptors (Lipinski definition) is 3. The third-order valence-corrected chi connectivity index (χ3v) is 3.17. The van der Waals surface area contributed by atoms with Crippen molar-refractivity contribution in [2.75, 3.05) is 0 Å². The van der Waals surface area contributed by atoms with Crippen molar-refractivity contribution in [3.05, 3.63) is 17.5 Å². The van der Waals surface area contributed by atoms with Gasteiger partial charge in [0.05, 0.1) is 4.75 Å². The fourth-order valence-corrected chi connectivity index (χ4v) is 2.21. The first-order chi connectivity index (χ1) is 4.70. The van der Waals surface area contributed by atoms with Gasteiger partial charge in [0.25, 0.3) is 0 Å². The molecule has 1 aliphatic rings. The normalized spacial score (nSPS) is 21.0. The number of aromatic nitrogens is 1. The van der Waals surface area contributed by atoms with Gasteiger partial charge in [0.2, 0.25) is 0 Å². The van der Waals surface area contributed by atoms with Crippen LogP contribution in [-0.4, -0.2) is 5.16 Å². The molecule has 0 aromatic carbocycles. The molecule has 0 saturated heterocycles. The Bertz CT molecular complexity index is 254. The lowest BCUT2D eigenvalue weighted by atomic mass is 10.1. The Hall–Kier alpha value is -0.440. The summed E-state index contributed by atoms with van der Waals surface area (Å²) >= 11 is 1.91. The molecule has 0 bridgehead atoms. The molecule has 1 aromatic heterocycles. The van der Waals surface area contributed by atoms with Crippen LogP contribution in [0.5, 0.6) is 0 Å². The van der Waals surface area contributed by atoms with Crippen LogP contribution >= 0.6 is 11.8 Å². The molecule has 1 aromatic rings. The smallest absolute Gasteiger partial charge is 0.128 e. The van der Waals surface area contributed by atoms with Gasteiger partial charge in [-0.05, 0) is 13.8 Å². The van der Waals surface area contributed by atoms with E-state index < -0.39 is 0 Å². The Balaban J connectivity index is 2.54. The second kappa shape index (κ2) is 1.78. The minimum atomic E-state index is 0.169. The predicted molar refractivity (Wildman–Crippen MR) is 40.8 cm³/mol. The molecule has 10 heavy (non-hydrogen) atoms. The number of thioether (sulfide) groups is 1. The molecule has 2 nitrogen and oxygen atoms in total. The fraction of sp³-hybridized carbons (Fsp3) is 0.571. The Morgan fingerprint density at radius 2 is 2.50 bits per heavy atom. The maximum absolute atomic E-state index is 4.86. The molecule has 1 aliphatic heterocycles. The van der Waals surface area contributed by atoms with E-state index in [-0.39, 0.29) is 4.75 Å². The largest absolute Gasteiger partial charge is 0.364 e. The van der Waals surface area contributed by atoms with E-state index in [1.807, 2.05) is 11.8 Å². The lowest BCUT2D eigenvalue weighted by molar-refractivity contribution is 0.404. The lowest BCUT2D eigenvalue weighted by Crippen LogP contribution is -2.07. The summed E-state index contributed by atoms with van der Waals surface area (Å²) in [6.07, 6.45) is 1.75. The van der Waals surface area contributed by atoms with E-state index in [1.165, 1.54) is 5.56 Å². The number of fused-ring (bicyclic) bond motifs is 1. The van der Waals surface area contributed by atoms with Crippen LogP contribution in [0.25, 0.3) is 0 Å². The maximum Gasteiger partial charge on any atom is 0.128 e. The molecule has 0 spiro atoms. The molecule has 0 amide bonds. The van der Waals surface area contributed by atoms with Gasteiger partial charge in [0, 0.05) is 11.3 Å². The van der Waals surface area contributed by atoms with E-state index in [4.69, 9.17) is 4.52 Å². The molecule has 0 N–H and O–H groups in total. The average molecular weight is 155 g/mol. The van der Waals surface area contributed by atoms with E-state index in [1.54, 1.807) is 6.26 Å². The number of rotatable bonds is 0. The summed E-state index contributed by atoms with van der Waals surface area (Å²) in [5.41, 5.74) is 2.38.